The zero-order valence-corrected chi connectivity index (χ0v) is 34.6. The molecule has 0 radical (unpaired) electrons. The molecule has 0 amide bonds. The smallest absolute Gasteiger partial charge is 0.306 e. The molecule has 0 spiro atoms. The summed E-state index contributed by atoms with van der Waals surface area (Å²) >= 11 is 0. The maximum atomic E-state index is 12.7. The zero-order valence-electron chi connectivity index (χ0n) is 33.8. The first-order valence-corrected chi connectivity index (χ1v) is 22.7. The first kappa shape index (κ1) is 50.9. The molecule has 0 aromatic heterocycles. The SMILES string of the molecule is CCCCC/C=C/CCCCCCCC(=O)O[C@H](COC(=O)CCCC/C=C/C/C=C/CCCCCCCC)CO[C@H]1O[C@H](CS(=O)(=O)O)[C@@H](O)C(O)C1O. The molecule has 1 fully saturated rings. The standard InChI is InChI=1S/C42H74O12S/c1-3-5-7-9-11-13-15-17-18-19-21-22-24-26-28-30-37(43)51-32-35(33-52-42-41(47)40(46)39(45)36(54-42)34-55(48,49)50)53-38(44)31-29-27-25-23-20-16-14-12-10-8-6-4-2/h12,14,17-18,21-22,35-36,39-42,45-47H,3-11,13,15-16,19-20,23-34H2,1-2H3,(H,48,49,50)/b14-12+,18-17+,22-21+/t35-,36-,39-,40?,41?,42+/m1/s1. The topological polar surface area (TPSA) is 186 Å². The van der Waals surface area contributed by atoms with E-state index in [1.165, 1.54) is 57.8 Å². The van der Waals surface area contributed by atoms with Crippen molar-refractivity contribution in [2.24, 2.45) is 0 Å². The molecule has 1 rings (SSSR count). The average Bonchev–Trinajstić information content (AvgIpc) is 3.14. The van der Waals surface area contributed by atoms with Crippen LogP contribution in [-0.4, -0.2) is 96.0 Å². The molecular formula is C42H74O12S. The Morgan fingerprint density at radius 3 is 1.69 bits per heavy atom. The van der Waals surface area contributed by atoms with Gasteiger partial charge in [-0.1, -0.05) is 115 Å². The molecule has 0 saturated carbocycles. The van der Waals surface area contributed by atoms with Crippen molar-refractivity contribution in [2.75, 3.05) is 19.0 Å². The second-order valence-corrected chi connectivity index (χ2v) is 16.1. The van der Waals surface area contributed by atoms with Crippen LogP contribution in [0.4, 0.5) is 0 Å². The van der Waals surface area contributed by atoms with Crippen molar-refractivity contribution in [2.45, 2.75) is 198 Å². The number of carbonyl (C=O) groups excluding carboxylic acids is 2. The summed E-state index contributed by atoms with van der Waals surface area (Å²) in [6.07, 6.45) is 26.3. The summed E-state index contributed by atoms with van der Waals surface area (Å²) < 4.78 is 53.9. The van der Waals surface area contributed by atoms with E-state index in [9.17, 15) is 37.9 Å². The van der Waals surface area contributed by atoms with Crippen molar-refractivity contribution in [3.8, 4) is 0 Å². The molecule has 1 aliphatic heterocycles. The molecule has 13 heteroatoms. The lowest BCUT2D eigenvalue weighted by atomic mass is 10.00. The second kappa shape index (κ2) is 32.9. The molecule has 12 nitrogen and oxygen atoms in total. The Bertz CT molecular complexity index is 1170. The normalized spacial score (nSPS) is 21.2. The van der Waals surface area contributed by atoms with Crippen molar-refractivity contribution in [1.82, 2.24) is 0 Å². The largest absolute Gasteiger partial charge is 0.462 e. The predicted octanol–water partition coefficient (Wildman–Crippen LogP) is 7.83. The first-order chi connectivity index (χ1) is 26.5. The van der Waals surface area contributed by atoms with Gasteiger partial charge in [0, 0.05) is 12.8 Å². The van der Waals surface area contributed by atoms with E-state index in [0.29, 0.717) is 12.8 Å². The molecule has 55 heavy (non-hydrogen) atoms. The van der Waals surface area contributed by atoms with Gasteiger partial charge in [-0.15, -0.1) is 0 Å². The highest BCUT2D eigenvalue weighted by Gasteiger charge is 2.46. The summed E-state index contributed by atoms with van der Waals surface area (Å²) in [6.45, 7) is 3.67. The minimum Gasteiger partial charge on any atom is -0.462 e. The number of hydrogen-bond donors (Lipinski definition) is 4. The number of allylic oxidation sites excluding steroid dienone is 6. The highest BCUT2D eigenvalue weighted by Crippen LogP contribution is 2.24. The minimum atomic E-state index is -4.60. The summed E-state index contributed by atoms with van der Waals surface area (Å²) in [6, 6.07) is 0. The summed E-state index contributed by atoms with van der Waals surface area (Å²) in [5.74, 6) is -2.04. The van der Waals surface area contributed by atoms with Gasteiger partial charge in [-0.3, -0.25) is 14.1 Å². The van der Waals surface area contributed by atoms with Crippen molar-refractivity contribution in [3.05, 3.63) is 36.5 Å². The van der Waals surface area contributed by atoms with E-state index < -0.39 is 71.2 Å². The summed E-state index contributed by atoms with van der Waals surface area (Å²) in [5.41, 5.74) is 0. The van der Waals surface area contributed by atoms with Gasteiger partial charge in [0.2, 0.25) is 0 Å². The monoisotopic (exact) mass is 802 g/mol. The fraction of sp³-hybridized carbons (Fsp3) is 0.810. The van der Waals surface area contributed by atoms with Crippen LogP contribution in [0.3, 0.4) is 0 Å². The van der Waals surface area contributed by atoms with E-state index in [1.54, 1.807) is 0 Å². The molecule has 0 aromatic carbocycles. The average molecular weight is 803 g/mol. The molecule has 0 aromatic rings. The van der Waals surface area contributed by atoms with Crippen LogP contribution in [0.15, 0.2) is 36.5 Å². The van der Waals surface area contributed by atoms with E-state index in [4.69, 9.17) is 18.9 Å². The number of esters is 2. The molecule has 6 atom stereocenters. The van der Waals surface area contributed by atoms with Crippen LogP contribution in [0.25, 0.3) is 0 Å². The van der Waals surface area contributed by atoms with Crippen LogP contribution in [0, 0.1) is 0 Å². The summed E-state index contributed by atoms with van der Waals surface area (Å²) in [5, 5.41) is 30.8. The predicted molar refractivity (Wildman–Crippen MR) is 215 cm³/mol. The van der Waals surface area contributed by atoms with Crippen LogP contribution < -0.4 is 0 Å². The number of carbonyl (C=O) groups is 2. The fourth-order valence-corrected chi connectivity index (χ4v) is 6.80. The number of aliphatic hydroxyl groups is 3. The lowest BCUT2D eigenvalue weighted by Gasteiger charge is -2.40. The zero-order chi connectivity index (χ0) is 40.6. The fourth-order valence-electron chi connectivity index (χ4n) is 6.11. The Morgan fingerprint density at radius 2 is 1.09 bits per heavy atom. The van der Waals surface area contributed by atoms with Crippen molar-refractivity contribution in [3.63, 3.8) is 0 Å². The van der Waals surface area contributed by atoms with Gasteiger partial charge in [0.15, 0.2) is 12.4 Å². The molecule has 0 bridgehead atoms. The van der Waals surface area contributed by atoms with Crippen LogP contribution in [0.2, 0.25) is 0 Å². The van der Waals surface area contributed by atoms with E-state index in [1.807, 2.05) is 0 Å². The molecule has 320 valence electrons. The molecular weight excluding hydrogens is 729 g/mol. The third kappa shape index (κ3) is 28.0. The maximum Gasteiger partial charge on any atom is 0.306 e. The van der Waals surface area contributed by atoms with Gasteiger partial charge in [0.25, 0.3) is 10.1 Å². The molecule has 1 heterocycles. The number of rotatable bonds is 34. The van der Waals surface area contributed by atoms with Crippen LogP contribution in [0.5, 0.6) is 0 Å². The quantitative estimate of drug-likeness (QED) is 0.0214. The highest BCUT2D eigenvalue weighted by molar-refractivity contribution is 7.85. The molecule has 2 unspecified atom stereocenters. The third-order valence-corrected chi connectivity index (χ3v) is 10.2. The number of ether oxygens (including phenoxy) is 4. The van der Waals surface area contributed by atoms with Gasteiger partial charge in [-0.2, -0.15) is 8.42 Å². The van der Waals surface area contributed by atoms with E-state index in [2.05, 4.69) is 50.3 Å². The Labute approximate surface area is 331 Å². The van der Waals surface area contributed by atoms with E-state index >= 15 is 0 Å². The first-order valence-electron chi connectivity index (χ1n) is 21.0. The molecule has 0 aliphatic carbocycles. The second-order valence-electron chi connectivity index (χ2n) is 14.6. The summed E-state index contributed by atoms with van der Waals surface area (Å²) in [4.78, 5) is 25.3. The van der Waals surface area contributed by atoms with Crippen LogP contribution in [0.1, 0.15) is 162 Å². The third-order valence-electron chi connectivity index (χ3n) is 9.44. The molecule has 4 N–H and O–H groups in total. The van der Waals surface area contributed by atoms with Crippen molar-refractivity contribution in [1.29, 1.82) is 0 Å². The van der Waals surface area contributed by atoms with Gasteiger partial charge in [-0.25, -0.2) is 0 Å². The number of hydrogen-bond acceptors (Lipinski definition) is 11. The Balaban J connectivity index is 2.52. The van der Waals surface area contributed by atoms with Crippen LogP contribution in [-0.2, 0) is 38.7 Å². The van der Waals surface area contributed by atoms with Gasteiger partial charge in [-0.05, 0) is 70.6 Å². The Kier molecular flexibility index (Phi) is 30.4. The number of unbranched alkanes of at least 4 members (excludes halogenated alkanes) is 16. The highest BCUT2D eigenvalue weighted by atomic mass is 32.2. The lowest BCUT2D eigenvalue weighted by molar-refractivity contribution is -0.297. The van der Waals surface area contributed by atoms with E-state index in [-0.39, 0.29) is 19.4 Å². The van der Waals surface area contributed by atoms with Gasteiger partial charge in [0.05, 0.1) is 6.61 Å². The Hall–Kier alpha value is -2.13. The summed E-state index contributed by atoms with van der Waals surface area (Å²) in [7, 11) is -4.60. The number of aliphatic hydroxyl groups excluding tert-OH is 3. The van der Waals surface area contributed by atoms with E-state index in [0.717, 1.165) is 64.2 Å². The molecule has 1 aliphatic rings. The minimum absolute atomic E-state index is 0.147. The van der Waals surface area contributed by atoms with Gasteiger partial charge >= 0.3 is 11.9 Å². The van der Waals surface area contributed by atoms with Gasteiger partial charge in [0.1, 0.15) is 36.8 Å². The molecule has 1 saturated heterocycles. The van der Waals surface area contributed by atoms with Crippen LogP contribution >= 0.6 is 0 Å². The van der Waals surface area contributed by atoms with Crippen molar-refractivity contribution < 1.29 is 56.8 Å². The van der Waals surface area contributed by atoms with Crippen molar-refractivity contribution >= 4 is 22.1 Å². The maximum absolute atomic E-state index is 12.7. The van der Waals surface area contributed by atoms with Gasteiger partial charge < -0.3 is 34.3 Å². The lowest BCUT2D eigenvalue weighted by Crippen LogP contribution is -2.60. The Morgan fingerprint density at radius 1 is 0.618 bits per heavy atom.